The van der Waals surface area contributed by atoms with E-state index in [1.54, 1.807) is 17.8 Å². The molecule has 2 aromatic rings. The molecule has 2 rings (SSSR count). The van der Waals surface area contributed by atoms with E-state index in [1.807, 2.05) is 12.1 Å². The highest BCUT2D eigenvalue weighted by Gasteiger charge is 2.16. The third kappa shape index (κ3) is 2.62. The number of rotatable bonds is 5. The van der Waals surface area contributed by atoms with Gasteiger partial charge in [0.1, 0.15) is 5.76 Å². The minimum absolute atomic E-state index is 0.0910. The lowest BCUT2D eigenvalue weighted by Gasteiger charge is -2.11. The van der Waals surface area contributed by atoms with E-state index in [0.29, 0.717) is 11.3 Å². The molecule has 0 fully saturated rings. The van der Waals surface area contributed by atoms with Gasteiger partial charge in [0.2, 0.25) is 0 Å². The van der Waals surface area contributed by atoms with E-state index in [2.05, 4.69) is 12.3 Å². The van der Waals surface area contributed by atoms with Gasteiger partial charge in [0.05, 0.1) is 6.04 Å². The lowest BCUT2D eigenvalue weighted by molar-refractivity contribution is 0.453. The first kappa shape index (κ1) is 12.4. The van der Waals surface area contributed by atoms with Gasteiger partial charge in [0, 0.05) is 11.1 Å². The van der Waals surface area contributed by atoms with Crippen LogP contribution in [0.5, 0.6) is 0 Å². The van der Waals surface area contributed by atoms with Crippen molar-refractivity contribution in [2.75, 3.05) is 11.5 Å². The number of para-hydroxylation sites is 1. The van der Waals surface area contributed by atoms with Gasteiger partial charge in [0.15, 0.2) is 11.4 Å². The first-order valence-electron chi connectivity index (χ1n) is 5.48. The van der Waals surface area contributed by atoms with Crippen LogP contribution >= 0.6 is 11.8 Å². The van der Waals surface area contributed by atoms with Crippen molar-refractivity contribution in [1.29, 1.82) is 0 Å². The third-order valence-corrected chi connectivity index (χ3v) is 3.53. The zero-order chi connectivity index (χ0) is 12.3. The van der Waals surface area contributed by atoms with Gasteiger partial charge in [-0.2, -0.15) is 11.8 Å². The molecule has 0 spiro atoms. The Hall–Kier alpha value is -1.04. The van der Waals surface area contributed by atoms with Crippen molar-refractivity contribution in [2.45, 2.75) is 13.0 Å². The molecule has 3 N–H and O–H groups in total. The van der Waals surface area contributed by atoms with Crippen molar-refractivity contribution in [3.63, 3.8) is 0 Å². The zero-order valence-corrected chi connectivity index (χ0v) is 10.4. The summed E-state index contributed by atoms with van der Waals surface area (Å²) in [7, 11) is 0. The third-order valence-electron chi connectivity index (χ3n) is 2.55. The Bertz CT molecular complexity index is 500. The molecule has 1 aromatic carbocycles. The number of hydrogen-bond acceptors (Lipinski definition) is 4. The summed E-state index contributed by atoms with van der Waals surface area (Å²) >= 11 is 1.75. The average Bonchev–Trinajstić information content (AvgIpc) is 2.75. The van der Waals surface area contributed by atoms with E-state index in [9.17, 15) is 4.39 Å². The summed E-state index contributed by atoms with van der Waals surface area (Å²) in [6.45, 7) is 2.08. The van der Waals surface area contributed by atoms with Crippen LogP contribution in [-0.4, -0.2) is 11.5 Å². The van der Waals surface area contributed by atoms with Crippen molar-refractivity contribution in [3.05, 3.63) is 35.8 Å². The highest BCUT2D eigenvalue weighted by atomic mass is 32.2. The smallest absolute Gasteiger partial charge is 0.169 e. The summed E-state index contributed by atoms with van der Waals surface area (Å²) in [5, 5.41) is 0.766. The SMILES string of the molecule is CCSCC(NN)c1cc2cccc(F)c2o1. The van der Waals surface area contributed by atoms with Crippen LogP contribution in [0.25, 0.3) is 11.0 Å². The Kier molecular flexibility index (Phi) is 4.04. The van der Waals surface area contributed by atoms with Crippen molar-refractivity contribution < 1.29 is 8.81 Å². The number of hydrazine groups is 1. The molecular formula is C12H15FN2OS. The van der Waals surface area contributed by atoms with Crippen LogP contribution in [0.2, 0.25) is 0 Å². The minimum Gasteiger partial charge on any atom is -0.456 e. The largest absolute Gasteiger partial charge is 0.456 e. The van der Waals surface area contributed by atoms with Crippen LogP contribution in [0.4, 0.5) is 4.39 Å². The standard InChI is InChI=1S/C12H15FN2OS/c1-2-17-7-10(15-14)11-6-8-4-3-5-9(13)12(8)16-11/h3-6,10,15H,2,7,14H2,1H3. The van der Waals surface area contributed by atoms with Crippen LogP contribution in [0.3, 0.4) is 0 Å². The highest BCUT2D eigenvalue weighted by molar-refractivity contribution is 7.99. The van der Waals surface area contributed by atoms with Gasteiger partial charge in [-0.1, -0.05) is 19.1 Å². The monoisotopic (exact) mass is 254 g/mol. The number of benzene rings is 1. The maximum absolute atomic E-state index is 13.5. The number of furan rings is 1. The van der Waals surface area contributed by atoms with E-state index in [-0.39, 0.29) is 11.9 Å². The molecule has 0 aliphatic rings. The molecule has 0 radical (unpaired) electrons. The van der Waals surface area contributed by atoms with Gasteiger partial charge in [0.25, 0.3) is 0 Å². The first-order chi connectivity index (χ1) is 8.26. The number of fused-ring (bicyclic) bond motifs is 1. The van der Waals surface area contributed by atoms with Gasteiger partial charge in [-0.15, -0.1) is 0 Å². The molecule has 3 nitrogen and oxygen atoms in total. The average molecular weight is 254 g/mol. The molecule has 0 amide bonds. The van der Waals surface area contributed by atoms with Gasteiger partial charge in [-0.3, -0.25) is 5.84 Å². The predicted octanol–water partition coefficient (Wildman–Crippen LogP) is 2.83. The Morgan fingerprint density at radius 2 is 2.35 bits per heavy atom. The Morgan fingerprint density at radius 3 is 3.00 bits per heavy atom. The molecule has 92 valence electrons. The molecule has 0 aliphatic carbocycles. The Balaban J connectivity index is 2.31. The van der Waals surface area contributed by atoms with E-state index >= 15 is 0 Å². The predicted molar refractivity (Wildman–Crippen MR) is 69.2 cm³/mol. The maximum atomic E-state index is 13.5. The summed E-state index contributed by atoms with van der Waals surface area (Å²) in [5.41, 5.74) is 2.99. The second-order valence-electron chi connectivity index (χ2n) is 3.69. The normalized spacial score (nSPS) is 13.1. The molecule has 0 saturated carbocycles. The molecule has 17 heavy (non-hydrogen) atoms. The quantitative estimate of drug-likeness (QED) is 0.636. The summed E-state index contributed by atoms with van der Waals surface area (Å²) in [5.74, 6) is 7.63. The van der Waals surface area contributed by atoms with E-state index < -0.39 is 0 Å². The fraction of sp³-hybridized carbons (Fsp3) is 0.333. The molecule has 0 saturated heterocycles. The summed E-state index contributed by atoms with van der Waals surface area (Å²) < 4.78 is 19.0. The lowest BCUT2D eigenvalue weighted by Crippen LogP contribution is -2.29. The number of thioether (sulfide) groups is 1. The van der Waals surface area contributed by atoms with Crippen LogP contribution in [0.15, 0.2) is 28.7 Å². The van der Waals surface area contributed by atoms with Gasteiger partial charge < -0.3 is 4.42 Å². The molecule has 1 unspecified atom stereocenters. The molecule has 1 heterocycles. The fourth-order valence-electron chi connectivity index (χ4n) is 1.67. The zero-order valence-electron chi connectivity index (χ0n) is 9.57. The lowest BCUT2D eigenvalue weighted by atomic mass is 10.2. The summed E-state index contributed by atoms with van der Waals surface area (Å²) in [6.07, 6.45) is 0. The van der Waals surface area contributed by atoms with Gasteiger partial charge in [-0.25, -0.2) is 9.82 Å². The summed E-state index contributed by atoms with van der Waals surface area (Å²) in [4.78, 5) is 0. The second kappa shape index (κ2) is 5.53. The van der Waals surface area contributed by atoms with E-state index in [0.717, 1.165) is 16.9 Å². The van der Waals surface area contributed by atoms with Crippen molar-refractivity contribution >= 4 is 22.7 Å². The van der Waals surface area contributed by atoms with Gasteiger partial charge >= 0.3 is 0 Å². The minimum atomic E-state index is -0.340. The van der Waals surface area contributed by atoms with Crippen molar-refractivity contribution in [3.8, 4) is 0 Å². The van der Waals surface area contributed by atoms with Gasteiger partial charge in [-0.05, 0) is 17.9 Å². The number of nitrogens with two attached hydrogens (primary N) is 1. The molecule has 1 atom stereocenters. The van der Waals surface area contributed by atoms with E-state index in [4.69, 9.17) is 10.3 Å². The first-order valence-corrected chi connectivity index (χ1v) is 6.63. The molecule has 0 bridgehead atoms. The summed E-state index contributed by atoms with van der Waals surface area (Å²) in [6, 6.07) is 6.63. The van der Waals surface area contributed by atoms with Crippen LogP contribution in [0.1, 0.15) is 18.7 Å². The molecule has 1 aromatic heterocycles. The number of nitrogens with one attached hydrogen (secondary N) is 1. The fourth-order valence-corrected chi connectivity index (χ4v) is 2.40. The van der Waals surface area contributed by atoms with Crippen LogP contribution < -0.4 is 11.3 Å². The Labute approximate surface area is 104 Å². The number of halogens is 1. The van der Waals surface area contributed by atoms with Crippen molar-refractivity contribution in [2.24, 2.45) is 5.84 Å². The number of hydrogen-bond donors (Lipinski definition) is 2. The van der Waals surface area contributed by atoms with Crippen LogP contribution in [-0.2, 0) is 0 Å². The maximum Gasteiger partial charge on any atom is 0.169 e. The molecule has 0 aliphatic heterocycles. The molecule has 5 heteroatoms. The van der Waals surface area contributed by atoms with Crippen molar-refractivity contribution in [1.82, 2.24) is 5.43 Å². The topological polar surface area (TPSA) is 51.2 Å². The Morgan fingerprint density at radius 1 is 1.53 bits per heavy atom. The van der Waals surface area contributed by atoms with E-state index in [1.165, 1.54) is 6.07 Å². The molecular weight excluding hydrogens is 239 g/mol. The second-order valence-corrected chi connectivity index (χ2v) is 5.00. The van der Waals surface area contributed by atoms with Crippen LogP contribution in [0, 0.1) is 5.82 Å². The highest BCUT2D eigenvalue weighted by Crippen LogP contribution is 2.27.